The van der Waals surface area contributed by atoms with Gasteiger partial charge >= 0.3 is 0 Å². The second kappa shape index (κ2) is 7.35. The zero-order valence-electron chi connectivity index (χ0n) is 17.9. The summed E-state index contributed by atoms with van der Waals surface area (Å²) < 4.78 is 0. The number of aryl methyl sites for hydroxylation is 2. The number of fused-ring (bicyclic) bond motifs is 3. The first-order valence-corrected chi connectivity index (χ1v) is 11.6. The predicted octanol–water partition coefficient (Wildman–Crippen LogP) is 4.81. The van der Waals surface area contributed by atoms with Gasteiger partial charge < -0.3 is 0 Å². The molecule has 6 heteroatoms. The van der Waals surface area contributed by atoms with Gasteiger partial charge in [0.05, 0.1) is 27.3 Å². The molecule has 0 radical (unpaired) electrons. The standard InChI is InChI=1S/C25H24N4OS/c1-14-20-10-9-19-22(21-13-27-16(3)31-21)28-15(2)29-24(19)25(20,11-17(12-26)23(14)30)18-7-5-4-6-8-18/h4-8,13-14,17,20H,9-11H2,1-3H3/t14-,17?,20-,25-/m0/s1. The zero-order valence-corrected chi connectivity index (χ0v) is 18.7. The number of nitriles is 1. The highest BCUT2D eigenvalue weighted by molar-refractivity contribution is 7.15. The molecule has 156 valence electrons. The summed E-state index contributed by atoms with van der Waals surface area (Å²) >= 11 is 1.64. The maximum absolute atomic E-state index is 13.0. The smallest absolute Gasteiger partial charge is 0.153 e. The van der Waals surface area contributed by atoms with Crippen molar-refractivity contribution in [3.63, 3.8) is 0 Å². The molecule has 0 saturated heterocycles. The Hall–Kier alpha value is -2.91. The second-order valence-electron chi connectivity index (χ2n) is 8.75. The summed E-state index contributed by atoms with van der Waals surface area (Å²) in [5.41, 5.74) is 3.78. The summed E-state index contributed by atoms with van der Waals surface area (Å²) in [7, 11) is 0. The normalized spacial score (nSPS) is 27.3. The molecule has 2 aliphatic rings. The summed E-state index contributed by atoms with van der Waals surface area (Å²) in [4.78, 5) is 28.3. The fraction of sp³-hybridized carbons (Fsp3) is 0.400. The molecule has 0 N–H and O–H groups in total. The number of carbonyl (C=O) groups is 1. The fourth-order valence-electron chi connectivity index (χ4n) is 5.77. The van der Waals surface area contributed by atoms with Crippen LogP contribution in [0.2, 0.25) is 0 Å². The van der Waals surface area contributed by atoms with Gasteiger partial charge in [0, 0.05) is 23.1 Å². The summed E-state index contributed by atoms with van der Waals surface area (Å²) in [6.07, 6.45) is 4.08. The van der Waals surface area contributed by atoms with E-state index in [0.29, 0.717) is 12.2 Å². The Morgan fingerprint density at radius 2 is 1.97 bits per heavy atom. The van der Waals surface area contributed by atoms with Gasteiger partial charge in [-0.15, -0.1) is 11.3 Å². The van der Waals surface area contributed by atoms with E-state index in [1.54, 1.807) is 11.3 Å². The lowest BCUT2D eigenvalue weighted by Gasteiger charge is -2.51. The van der Waals surface area contributed by atoms with Gasteiger partial charge in [0.2, 0.25) is 0 Å². The van der Waals surface area contributed by atoms with Gasteiger partial charge in [0.15, 0.2) is 5.78 Å². The van der Waals surface area contributed by atoms with Gasteiger partial charge in [-0.25, -0.2) is 15.0 Å². The Balaban J connectivity index is 1.82. The number of rotatable bonds is 2. The molecule has 2 heterocycles. The third-order valence-corrected chi connectivity index (χ3v) is 8.02. The summed E-state index contributed by atoms with van der Waals surface area (Å²) in [6.45, 7) is 5.93. The number of thiazole rings is 1. The minimum atomic E-state index is -0.623. The molecule has 1 fully saturated rings. The Bertz CT molecular complexity index is 1210. The quantitative estimate of drug-likeness (QED) is 0.585. The van der Waals surface area contributed by atoms with Crippen LogP contribution >= 0.6 is 11.3 Å². The maximum Gasteiger partial charge on any atom is 0.153 e. The molecule has 1 saturated carbocycles. The van der Waals surface area contributed by atoms with Crippen molar-refractivity contribution in [1.82, 2.24) is 15.0 Å². The Morgan fingerprint density at radius 1 is 1.19 bits per heavy atom. The van der Waals surface area contributed by atoms with Crippen LogP contribution < -0.4 is 0 Å². The van der Waals surface area contributed by atoms with Crippen molar-refractivity contribution < 1.29 is 4.79 Å². The van der Waals surface area contributed by atoms with E-state index >= 15 is 0 Å². The van der Waals surface area contributed by atoms with Crippen LogP contribution in [0.25, 0.3) is 10.6 Å². The molecule has 31 heavy (non-hydrogen) atoms. The van der Waals surface area contributed by atoms with Crippen LogP contribution in [0.5, 0.6) is 0 Å². The molecule has 3 aromatic rings. The number of ketones is 1. The van der Waals surface area contributed by atoms with Gasteiger partial charge in [-0.2, -0.15) is 5.26 Å². The van der Waals surface area contributed by atoms with E-state index in [1.165, 1.54) is 0 Å². The molecule has 0 aliphatic heterocycles. The van der Waals surface area contributed by atoms with E-state index in [-0.39, 0.29) is 17.6 Å². The van der Waals surface area contributed by atoms with E-state index in [1.807, 2.05) is 45.2 Å². The average Bonchev–Trinajstić information content (AvgIpc) is 3.22. The summed E-state index contributed by atoms with van der Waals surface area (Å²) in [6, 6.07) is 12.7. The van der Waals surface area contributed by atoms with E-state index < -0.39 is 11.3 Å². The lowest BCUT2D eigenvalue weighted by Crippen LogP contribution is -2.53. The summed E-state index contributed by atoms with van der Waals surface area (Å²) in [5.74, 6) is 0.100. The summed E-state index contributed by atoms with van der Waals surface area (Å²) in [5, 5.41) is 10.9. The number of Topliss-reactive ketones (excluding diaryl/α,β-unsaturated/α-hetero) is 1. The van der Waals surface area contributed by atoms with E-state index in [4.69, 9.17) is 9.97 Å². The van der Waals surface area contributed by atoms with E-state index in [2.05, 4.69) is 23.2 Å². The topological polar surface area (TPSA) is 79.5 Å². The zero-order chi connectivity index (χ0) is 21.8. The first-order valence-electron chi connectivity index (χ1n) is 10.8. The molecule has 0 bridgehead atoms. The minimum Gasteiger partial charge on any atom is -0.298 e. The van der Waals surface area contributed by atoms with Gasteiger partial charge in [-0.1, -0.05) is 37.3 Å². The van der Waals surface area contributed by atoms with Crippen LogP contribution in [-0.4, -0.2) is 20.7 Å². The molecule has 5 nitrogen and oxygen atoms in total. The minimum absolute atomic E-state index is 0.0755. The van der Waals surface area contributed by atoms with Crippen molar-refractivity contribution in [1.29, 1.82) is 5.26 Å². The molecule has 2 aromatic heterocycles. The molecular weight excluding hydrogens is 404 g/mol. The second-order valence-corrected chi connectivity index (χ2v) is 9.98. The largest absolute Gasteiger partial charge is 0.298 e. The van der Waals surface area contributed by atoms with Crippen LogP contribution in [0.15, 0.2) is 36.5 Å². The van der Waals surface area contributed by atoms with Crippen molar-refractivity contribution in [2.45, 2.75) is 45.4 Å². The van der Waals surface area contributed by atoms with E-state index in [0.717, 1.165) is 45.2 Å². The number of carbonyl (C=O) groups excluding carboxylic acids is 1. The van der Waals surface area contributed by atoms with Gasteiger partial charge in [0.1, 0.15) is 11.7 Å². The SMILES string of the molecule is Cc1nc(-c2cnc(C)s2)c2c(n1)[C@]1(c3ccccc3)CC(C#N)C(=O)[C@@H](C)[C@@H]1CC2. The molecule has 1 unspecified atom stereocenters. The fourth-order valence-corrected chi connectivity index (χ4v) is 6.57. The lowest BCUT2D eigenvalue weighted by atomic mass is 9.51. The molecule has 0 amide bonds. The molecule has 4 atom stereocenters. The first-order chi connectivity index (χ1) is 15.0. The van der Waals surface area contributed by atoms with Crippen molar-refractivity contribution in [3.05, 3.63) is 64.2 Å². The number of benzene rings is 1. The highest BCUT2D eigenvalue weighted by atomic mass is 32.1. The van der Waals surface area contributed by atoms with Crippen molar-refractivity contribution in [3.8, 4) is 16.6 Å². The molecule has 2 aliphatic carbocycles. The van der Waals surface area contributed by atoms with Crippen LogP contribution in [0, 0.1) is 42.9 Å². The molecular formula is C25H24N4OS. The predicted molar refractivity (Wildman–Crippen MR) is 120 cm³/mol. The van der Waals surface area contributed by atoms with Crippen molar-refractivity contribution in [2.75, 3.05) is 0 Å². The van der Waals surface area contributed by atoms with Crippen LogP contribution in [0.1, 0.15) is 47.4 Å². The monoisotopic (exact) mass is 428 g/mol. The average molecular weight is 429 g/mol. The van der Waals surface area contributed by atoms with Crippen LogP contribution in [0.4, 0.5) is 0 Å². The lowest BCUT2D eigenvalue weighted by molar-refractivity contribution is -0.131. The first kappa shape index (κ1) is 20.0. The van der Waals surface area contributed by atoms with E-state index in [9.17, 15) is 10.1 Å². The van der Waals surface area contributed by atoms with Crippen molar-refractivity contribution in [2.24, 2.45) is 17.8 Å². The third-order valence-electron chi connectivity index (χ3n) is 7.10. The van der Waals surface area contributed by atoms with Gasteiger partial charge in [0.25, 0.3) is 0 Å². The number of aromatic nitrogens is 3. The van der Waals surface area contributed by atoms with Gasteiger partial charge in [-0.3, -0.25) is 4.79 Å². The number of nitrogens with zero attached hydrogens (tertiary/aromatic N) is 4. The Kier molecular flexibility index (Phi) is 4.75. The van der Waals surface area contributed by atoms with Crippen molar-refractivity contribution >= 4 is 17.1 Å². The molecule has 0 spiro atoms. The number of hydrogen-bond donors (Lipinski definition) is 0. The van der Waals surface area contributed by atoms with Crippen LogP contribution in [0.3, 0.4) is 0 Å². The number of hydrogen-bond acceptors (Lipinski definition) is 6. The maximum atomic E-state index is 13.0. The molecule has 1 aromatic carbocycles. The van der Waals surface area contributed by atoms with Gasteiger partial charge in [-0.05, 0) is 44.6 Å². The highest BCUT2D eigenvalue weighted by Gasteiger charge is 2.56. The van der Waals surface area contributed by atoms with Crippen LogP contribution in [-0.2, 0) is 16.6 Å². The Morgan fingerprint density at radius 3 is 2.65 bits per heavy atom. The Labute approximate surface area is 186 Å². The molecule has 5 rings (SSSR count). The third kappa shape index (κ3) is 2.95. The highest BCUT2D eigenvalue weighted by Crippen LogP contribution is 2.56.